The van der Waals surface area contributed by atoms with Gasteiger partial charge in [-0.1, -0.05) is 34.1 Å². The molecule has 4 heteroatoms. The largest absolute Gasteiger partial charge is 0.493 e. The Hall–Kier alpha value is -1.13. The summed E-state index contributed by atoms with van der Waals surface area (Å²) in [6.45, 7) is 0.694. The third-order valence-corrected chi connectivity index (χ3v) is 4.85. The van der Waals surface area contributed by atoms with Crippen LogP contribution in [0.2, 0.25) is 0 Å². The van der Waals surface area contributed by atoms with Gasteiger partial charge in [0.15, 0.2) is 0 Å². The molecule has 1 atom stereocenters. The van der Waals surface area contributed by atoms with E-state index >= 15 is 0 Å². The smallest absolute Gasteiger partial charge is 0.122 e. The third kappa shape index (κ3) is 2.90. The van der Waals surface area contributed by atoms with Gasteiger partial charge in [-0.2, -0.15) is 0 Å². The lowest BCUT2D eigenvalue weighted by Crippen LogP contribution is -2.09. The molecule has 0 bridgehead atoms. The maximum absolute atomic E-state index is 5.89. The maximum Gasteiger partial charge on any atom is 0.122 e. The number of hydrogen-bond donors (Lipinski definition) is 1. The minimum atomic E-state index is 0.460. The molecule has 0 aliphatic carbocycles. The van der Waals surface area contributed by atoms with Crippen LogP contribution >= 0.6 is 27.7 Å². The summed E-state index contributed by atoms with van der Waals surface area (Å²) in [6.07, 6.45) is 0. The molecule has 3 rings (SSSR count). The molecule has 2 nitrogen and oxygen atoms in total. The quantitative estimate of drug-likeness (QED) is 0.849. The first-order valence-corrected chi connectivity index (χ1v) is 7.91. The Morgan fingerprint density at radius 2 is 2.11 bits per heavy atom. The zero-order chi connectivity index (χ0) is 13.2. The number of ether oxygens (including phenoxy) is 1. The molecule has 0 saturated heterocycles. The fourth-order valence-corrected chi connectivity index (χ4v) is 3.95. The van der Waals surface area contributed by atoms with E-state index in [4.69, 9.17) is 10.5 Å². The molecule has 19 heavy (non-hydrogen) atoms. The van der Waals surface area contributed by atoms with E-state index in [1.807, 2.05) is 30.0 Å². The van der Waals surface area contributed by atoms with Crippen LogP contribution < -0.4 is 10.5 Å². The SMILES string of the molecule is Nc1cc(Br)cc(OCC2CSc3ccccc32)c1. The van der Waals surface area contributed by atoms with Gasteiger partial charge in [0.1, 0.15) is 5.75 Å². The van der Waals surface area contributed by atoms with Crippen molar-refractivity contribution in [1.82, 2.24) is 0 Å². The minimum absolute atomic E-state index is 0.460. The van der Waals surface area contributed by atoms with Crippen LogP contribution in [0.1, 0.15) is 11.5 Å². The highest BCUT2D eigenvalue weighted by Gasteiger charge is 2.23. The highest BCUT2D eigenvalue weighted by Crippen LogP contribution is 2.39. The molecule has 2 N–H and O–H groups in total. The molecule has 0 aromatic heterocycles. The molecular weight excluding hydrogens is 322 g/mol. The third-order valence-electron chi connectivity index (χ3n) is 3.14. The Kier molecular flexibility index (Phi) is 3.71. The average molecular weight is 336 g/mol. The van der Waals surface area contributed by atoms with Crippen molar-refractivity contribution in [1.29, 1.82) is 0 Å². The number of nitrogen functional groups attached to an aromatic ring is 1. The normalized spacial score (nSPS) is 17.2. The van der Waals surface area contributed by atoms with E-state index in [9.17, 15) is 0 Å². The Balaban J connectivity index is 1.70. The van der Waals surface area contributed by atoms with Gasteiger partial charge in [-0.3, -0.25) is 0 Å². The summed E-state index contributed by atoms with van der Waals surface area (Å²) < 4.78 is 6.83. The van der Waals surface area contributed by atoms with Crippen LogP contribution in [-0.2, 0) is 0 Å². The Labute approximate surface area is 125 Å². The van der Waals surface area contributed by atoms with Crippen LogP contribution in [0.15, 0.2) is 51.8 Å². The van der Waals surface area contributed by atoms with E-state index in [0.717, 1.165) is 16.0 Å². The Bertz CT molecular complexity index is 582. The molecule has 0 amide bonds. The van der Waals surface area contributed by atoms with Crippen LogP contribution in [-0.4, -0.2) is 12.4 Å². The van der Waals surface area contributed by atoms with Crippen LogP contribution in [0.4, 0.5) is 5.69 Å². The lowest BCUT2D eigenvalue weighted by Gasteiger charge is -2.13. The summed E-state index contributed by atoms with van der Waals surface area (Å²) in [7, 11) is 0. The van der Waals surface area contributed by atoms with E-state index in [0.29, 0.717) is 18.2 Å². The molecule has 0 fully saturated rings. The number of rotatable bonds is 3. The summed E-state index contributed by atoms with van der Waals surface area (Å²) in [4.78, 5) is 1.38. The van der Waals surface area contributed by atoms with Gasteiger partial charge in [0.05, 0.1) is 6.61 Å². The van der Waals surface area contributed by atoms with Gasteiger partial charge >= 0.3 is 0 Å². The number of fused-ring (bicyclic) bond motifs is 1. The molecule has 1 aliphatic heterocycles. The number of halogens is 1. The molecule has 1 unspecified atom stereocenters. The maximum atomic E-state index is 5.89. The van der Waals surface area contributed by atoms with Crippen molar-refractivity contribution in [2.75, 3.05) is 18.1 Å². The van der Waals surface area contributed by atoms with Gasteiger partial charge in [0, 0.05) is 32.8 Å². The Morgan fingerprint density at radius 3 is 2.95 bits per heavy atom. The molecule has 0 radical (unpaired) electrons. The second-order valence-electron chi connectivity index (χ2n) is 4.58. The predicted molar refractivity (Wildman–Crippen MR) is 84.0 cm³/mol. The number of hydrogen-bond acceptors (Lipinski definition) is 3. The van der Waals surface area contributed by atoms with E-state index in [2.05, 4.69) is 40.2 Å². The lowest BCUT2D eigenvalue weighted by atomic mass is 10.0. The summed E-state index contributed by atoms with van der Waals surface area (Å²) in [5.41, 5.74) is 7.92. The number of benzene rings is 2. The molecule has 0 spiro atoms. The summed E-state index contributed by atoms with van der Waals surface area (Å²) in [6, 6.07) is 14.2. The van der Waals surface area contributed by atoms with E-state index in [-0.39, 0.29) is 0 Å². The zero-order valence-electron chi connectivity index (χ0n) is 10.3. The zero-order valence-corrected chi connectivity index (χ0v) is 12.7. The molecule has 1 aliphatic rings. The first-order chi connectivity index (χ1) is 9.22. The summed E-state index contributed by atoms with van der Waals surface area (Å²) in [5.74, 6) is 2.37. The fourth-order valence-electron chi connectivity index (χ4n) is 2.23. The molecular formula is C15H14BrNOS. The van der Waals surface area contributed by atoms with Gasteiger partial charge in [-0.05, 0) is 23.8 Å². The van der Waals surface area contributed by atoms with Crippen molar-refractivity contribution >= 4 is 33.4 Å². The van der Waals surface area contributed by atoms with Gasteiger partial charge in [0.2, 0.25) is 0 Å². The van der Waals surface area contributed by atoms with Gasteiger partial charge in [0.25, 0.3) is 0 Å². The van der Waals surface area contributed by atoms with E-state index in [1.165, 1.54) is 10.5 Å². The topological polar surface area (TPSA) is 35.2 Å². The lowest BCUT2D eigenvalue weighted by molar-refractivity contribution is 0.298. The molecule has 2 aromatic carbocycles. The van der Waals surface area contributed by atoms with Gasteiger partial charge in [-0.25, -0.2) is 0 Å². The molecule has 2 aromatic rings. The van der Waals surface area contributed by atoms with Crippen molar-refractivity contribution in [2.45, 2.75) is 10.8 Å². The van der Waals surface area contributed by atoms with Gasteiger partial charge < -0.3 is 10.5 Å². The van der Waals surface area contributed by atoms with E-state index in [1.54, 1.807) is 0 Å². The van der Waals surface area contributed by atoms with Crippen LogP contribution in [0.3, 0.4) is 0 Å². The fraction of sp³-hybridized carbons (Fsp3) is 0.200. The van der Waals surface area contributed by atoms with Crippen LogP contribution in [0, 0.1) is 0 Å². The van der Waals surface area contributed by atoms with Crippen molar-refractivity contribution in [2.24, 2.45) is 0 Å². The monoisotopic (exact) mass is 335 g/mol. The van der Waals surface area contributed by atoms with E-state index < -0.39 is 0 Å². The number of anilines is 1. The van der Waals surface area contributed by atoms with Crippen molar-refractivity contribution in [3.05, 3.63) is 52.5 Å². The first kappa shape index (κ1) is 12.9. The number of nitrogens with two attached hydrogens (primary N) is 1. The Morgan fingerprint density at radius 1 is 1.26 bits per heavy atom. The van der Waals surface area contributed by atoms with Crippen molar-refractivity contribution in [3.8, 4) is 5.75 Å². The molecule has 0 saturated carbocycles. The average Bonchev–Trinajstić information content (AvgIpc) is 2.78. The highest BCUT2D eigenvalue weighted by molar-refractivity contribution is 9.10. The van der Waals surface area contributed by atoms with Crippen LogP contribution in [0.25, 0.3) is 0 Å². The second kappa shape index (κ2) is 5.47. The summed E-state index contributed by atoms with van der Waals surface area (Å²) >= 11 is 5.33. The highest BCUT2D eigenvalue weighted by atomic mass is 79.9. The first-order valence-electron chi connectivity index (χ1n) is 6.13. The van der Waals surface area contributed by atoms with Crippen molar-refractivity contribution < 1.29 is 4.74 Å². The molecule has 1 heterocycles. The van der Waals surface area contributed by atoms with Crippen molar-refractivity contribution in [3.63, 3.8) is 0 Å². The standard InChI is InChI=1S/C15H14BrNOS/c16-11-5-12(17)7-13(6-11)18-8-10-9-19-15-4-2-1-3-14(10)15/h1-7,10H,8-9,17H2. The predicted octanol–water partition coefficient (Wildman–Crippen LogP) is 4.30. The van der Waals surface area contributed by atoms with Crippen LogP contribution in [0.5, 0.6) is 5.75 Å². The number of thioether (sulfide) groups is 1. The molecule has 98 valence electrons. The van der Waals surface area contributed by atoms with Gasteiger partial charge in [-0.15, -0.1) is 11.8 Å². The summed E-state index contributed by atoms with van der Waals surface area (Å²) in [5, 5.41) is 0. The second-order valence-corrected chi connectivity index (χ2v) is 6.55. The minimum Gasteiger partial charge on any atom is -0.493 e.